The van der Waals surface area contributed by atoms with Crippen molar-refractivity contribution in [1.29, 1.82) is 0 Å². The van der Waals surface area contributed by atoms with Crippen molar-refractivity contribution in [3.63, 3.8) is 0 Å². The van der Waals surface area contributed by atoms with Crippen LogP contribution in [0.15, 0.2) is 52.5 Å². The predicted molar refractivity (Wildman–Crippen MR) is 76.4 cm³/mol. The Balaban J connectivity index is 2.38. The first-order valence-corrected chi connectivity index (χ1v) is 7.25. The topological polar surface area (TPSA) is 84.5 Å². The van der Waals surface area contributed by atoms with Gasteiger partial charge in [-0.1, -0.05) is 30.3 Å². The summed E-state index contributed by atoms with van der Waals surface area (Å²) >= 11 is 0. The van der Waals surface area contributed by atoms with E-state index in [0.29, 0.717) is 5.71 Å². The first kappa shape index (κ1) is 13.5. The van der Waals surface area contributed by atoms with Crippen molar-refractivity contribution in [2.45, 2.75) is 11.8 Å². The summed E-state index contributed by atoms with van der Waals surface area (Å²) in [6, 6.07) is 12.5. The maximum Gasteiger partial charge on any atom is 0.276 e. The second-order valence-corrected chi connectivity index (χ2v) is 5.82. The lowest BCUT2D eigenvalue weighted by Gasteiger charge is -2.05. The SMILES string of the molecule is C/C(CN)=N\NS(=O)(=O)c1ccc2ccccc2c1. The van der Waals surface area contributed by atoms with E-state index in [9.17, 15) is 8.42 Å². The zero-order valence-corrected chi connectivity index (χ0v) is 11.3. The molecule has 100 valence electrons. The van der Waals surface area contributed by atoms with E-state index in [4.69, 9.17) is 5.73 Å². The molecular weight excluding hydrogens is 262 g/mol. The van der Waals surface area contributed by atoms with Gasteiger partial charge in [0, 0.05) is 12.3 Å². The Kier molecular flexibility index (Phi) is 3.82. The minimum atomic E-state index is -3.65. The normalized spacial score (nSPS) is 12.6. The third-order valence-corrected chi connectivity index (χ3v) is 3.89. The van der Waals surface area contributed by atoms with Gasteiger partial charge in [0.25, 0.3) is 10.0 Å². The van der Waals surface area contributed by atoms with E-state index < -0.39 is 10.0 Å². The molecular formula is C13H15N3O2S. The van der Waals surface area contributed by atoms with Gasteiger partial charge in [-0.25, -0.2) is 4.83 Å². The molecule has 0 aliphatic rings. The van der Waals surface area contributed by atoms with Crippen molar-refractivity contribution in [3.8, 4) is 0 Å². The molecule has 0 saturated carbocycles. The van der Waals surface area contributed by atoms with Gasteiger partial charge in [0.1, 0.15) is 0 Å². The third kappa shape index (κ3) is 3.10. The fourth-order valence-electron chi connectivity index (χ4n) is 1.57. The Morgan fingerprint density at radius 3 is 2.58 bits per heavy atom. The molecule has 5 nitrogen and oxygen atoms in total. The average Bonchev–Trinajstić information content (AvgIpc) is 2.44. The van der Waals surface area contributed by atoms with Crippen LogP contribution in [0, 0.1) is 0 Å². The molecule has 3 N–H and O–H groups in total. The van der Waals surface area contributed by atoms with E-state index >= 15 is 0 Å². The molecule has 2 rings (SSSR count). The molecule has 0 radical (unpaired) electrons. The summed E-state index contributed by atoms with van der Waals surface area (Å²) in [6.07, 6.45) is 0. The number of nitrogens with zero attached hydrogens (tertiary/aromatic N) is 1. The van der Waals surface area contributed by atoms with Crippen LogP contribution in [-0.2, 0) is 10.0 Å². The van der Waals surface area contributed by atoms with Crippen LogP contribution in [0.2, 0.25) is 0 Å². The van der Waals surface area contributed by atoms with Gasteiger partial charge in [0.05, 0.1) is 4.90 Å². The molecule has 0 amide bonds. The van der Waals surface area contributed by atoms with Gasteiger partial charge in [-0.3, -0.25) is 0 Å². The van der Waals surface area contributed by atoms with Crippen molar-refractivity contribution in [3.05, 3.63) is 42.5 Å². The molecule has 6 heteroatoms. The summed E-state index contributed by atoms with van der Waals surface area (Å²) in [4.78, 5) is 2.35. The Labute approximate surface area is 112 Å². The Morgan fingerprint density at radius 2 is 1.89 bits per heavy atom. The van der Waals surface area contributed by atoms with E-state index in [1.165, 1.54) is 0 Å². The lowest BCUT2D eigenvalue weighted by molar-refractivity contribution is 0.584. The summed E-state index contributed by atoms with van der Waals surface area (Å²) < 4.78 is 24.1. The van der Waals surface area contributed by atoms with E-state index in [0.717, 1.165) is 10.8 Å². The van der Waals surface area contributed by atoms with Crippen LogP contribution in [0.4, 0.5) is 0 Å². The van der Waals surface area contributed by atoms with Crippen LogP contribution in [0.1, 0.15) is 6.92 Å². The molecule has 0 fully saturated rings. The second-order valence-electron chi connectivity index (χ2n) is 4.15. The van der Waals surface area contributed by atoms with Gasteiger partial charge >= 0.3 is 0 Å². The minimum Gasteiger partial charge on any atom is -0.325 e. The Morgan fingerprint density at radius 1 is 1.21 bits per heavy atom. The van der Waals surface area contributed by atoms with Gasteiger partial charge < -0.3 is 5.73 Å². The molecule has 2 aromatic carbocycles. The van der Waals surface area contributed by atoms with Crippen molar-refractivity contribution in [2.24, 2.45) is 10.8 Å². The largest absolute Gasteiger partial charge is 0.325 e. The third-order valence-electron chi connectivity index (χ3n) is 2.68. The van der Waals surface area contributed by atoms with Gasteiger partial charge in [0.2, 0.25) is 0 Å². The molecule has 2 aromatic rings. The number of hydrogen-bond acceptors (Lipinski definition) is 4. The first-order chi connectivity index (χ1) is 9.03. The number of fused-ring (bicyclic) bond motifs is 1. The van der Waals surface area contributed by atoms with Crippen molar-refractivity contribution in [1.82, 2.24) is 4.83 Å². The number of rotatable bonds is 4. The van der Waals surface area contributed by atoms with Crippen LogP contribution in [0.5, 0.6) is 0 Å². The average molecular weight is 277 g/mol. The highest BCUT2D eigenvalue weighted by molar-refractivity contribution is 7.89. The molecule has 0 unspecified atom stereocenters. The molecule has 0 aromatic heterocycles. The van der Waals surface area contributed by atoms with Crippen molar-refractivity contribution < 1.29 is 8.42 Å². The fraction of sp³-hybridized carbons (Fsp3) is 0.154. The van der Waals surface area contributed by atoms with Crippen molar-refractivity contribution in [2.75, 3.05) is 6.54 Å². The monoisotopic (exact) mass is 277 g/mol. The summed E-state index contributed by atoms with van der Waals surface area (Å²) in [6.45, 7) is 1.86. The first-order valence-electron chi connectivity index (χ1n) is 5.77. The maximum absolute atomic E-state index is 12.0. The fourth-order valence-corrected chi connectivity index (χ4v) is 2.48. The molecule has 0 aliphatic carbocycles. The Bertz CT molecular complexity index is 724. The Hall–Kier alpha value is -1.92. The van der Waals surface area contributed by atoms with Crippen LogP contribution in [-0.4, -0.2) is 20.7 Å². The van der Waals surface area contributed by atoms with Crippen LogP contribution < -0.4 is 10.6 Å². The van der Waals surface area contributed by atoms with Crippen LogP contribution >= 0.6 is 0 Å². The van der Waals surface area contributed by atoms with Gasteiger partial charge in [-0.2, -0.15) is 13.5 Å². The van der Waals surface area contributed by atoms with E-state index in [1.54, 1.807) is 25.1 Å². The molecule has 0 aliphatic heterocycles. The van der Waals surface area contributed by atoms with E-state index in [2.05, 4.69) is 9.93 Å². The molecule has 0 spiro atoms. The van der Waals surface area contributed by atoms with Gasteiger partial charge in [-0.05, 0) is 29.8 Å². The highest BCUT2D eigenvalue weighted by atomic mass is 32.2. The summed E-state index contributed by atoms with van der Waals surface area (Å²) in [5, 5.41) is 5.58. The molecule has 0 atom stereocenters. The van der Waals surface area contributed by atoms with Gasteiger partial charge in [-0.15, -0.1) is 0 Å². The number of hydrogen-bond donors (Lipinski definition) is 2. The van der Waals surface area contributed by atoms with E-state index in [-0.39, 0.29) is 11.4 Å². The van der Waals surface area contributed by atoms with Crippen LogP contribution in [0.3, 0.4) is 0 Å². The number of hydrazone groups is 1. The zero-order chi connectivity index (χ0) is 13.9. The highest BCUT2D eigenvalue weighted by Crippen LogP contribution is 2.18. The lowest BCUT2D eigenvalue weighted by Crippen LogP contribution is -2.22. The molecule has 19 heavy (non-hydrogen) atoms. The quantitative estimate of drug-likeness (QED) is 0.655. The number of nitrogens with one attached hydrogen (secondary N) is 1. The summed E-state index contributed by atoms with van der Waals surface area (Å²) in [5.74, 6) is 0. The smallest absolute Gasteiger partial charge is 0.276 e. The maximum atomic E-state index is 12.0. The summed E-state index contributed by atoms with van der Waals surface area (Å²) in [7, 11) is -3.65. The molecule has 0 saturated heterocycles. The van der Waals surface area contributed by atoms with Crippen LogP contribution in [0.25, 0.3) is 10.8 Å². The predicted octanol–water partition coefficient (Wildman–Crippen LogP) is 1.45. The van der Waals surface area contributed by atoms with Gasteiger partial charge in [0.15, 0.2) is 0 Å². The zero-order valence-electron chi connectivity index (χ0n) is 10.5. The standard InChI is InChI=1S/C13H15N3O2S/c1-10(9-14)15-16-19(17,18)13-7-6-11-4-2-3-5-12(11)8-13/h2-8,16H,9,14H2,1H3/b15-10+. The minimum absolute atomic E-state index is 0.180. The van der Waals surface area contributed by atoms with Crippen molar-refractivity contribution >= 4 is 26.5 Å². The number of benzene rings is 2. The summed E-state index contributed by atoms with van der Waals surface area (Å²) in [5.41, 5.74) is 5.87. The molecule has 0 bridgehead atoms. The number of sulfonamides is 1. The highest BCUT2D eigenvalue weighted by Gasteiger charge is 2.13. The van der Waals surface area contributed by atoms with E-state index in [1.807, 2.05) is 24.3 Å². The second kappa shape index (κ2) is 5.38. The number of nitrogens with two attached hydrogens (primary N) is 1. The molecule has 0 heterocycles. The lowest BCUT2D eigenvalue weighted by atomic mass is 10.1.